The van der Waals surface area contributed by atoms with Crippen LogP contribution < -0.4 is 4.72 Å². The summed E-state index contributed by atoms with van der Waals surface area (Å²) in [6.45, 7) is 4.54. The van der Waals surface area contributed by atoms with Crippen LogP contribution in [0.4, 0.5) is 0 Å². The van der Waals surface area contributed by atoms with Gasteiger partial charge >= 0.3 is 0 Å². The minimum atomic E-state index is -3.30. The maximum absolute atomic E-state index is 12.0. The van der Waals surface area contributed by atoms with Crippen molar-refractivity contribution in [3.05, 3.63) is 0 Å². The second kappa shape index (κ2) is 5.44. The highest BCUT2D eigenvalue weighted by molar-refractivity contribution is 7.90. The van der Waals surface area contributed by atoms with Crippen LogP contribution in [0, 0.1) is 0 Å². The van der Waals surface area contributed by atoms with E-state index in [2.05, 4.69) is 4.72 Å². The van der Waals surface area contributed by atoms with Crippen molar-refractivity contribution in [2.75, 3.05) is 19.8 Å². The number of aliphatic hydroxyl groups is 1. The Morgan fingerprint density at radius 3 is 2.44 bits per heavy atom. The number of aliphatic hydroxyl groups excluding tert-OH is 1. The average Bonchev–Trinajstić information content (AvgIpc) is 2.17. The number of ether oxygens (including phenoxy) is 1. The van der Waals surface area contributed by atoms with Gasteiger partial charge in [0.2, 0.25) is 10.0 Å². The van der Waals surface area contributed by atoms with Crippen LogP contribution in [-0.4, -0.2) is 44.1 Å². The third-order valence-corrected chi connectivity index (χ3v) is 4.95. The van der Waals surface area contributed by atoms with Gasteiger partial charge in [0.25, 0.3) is 0 Å². The molecule has 0 aromatic heterocycles. The maximum Gasteiger partial charge on any atom is 0.215 e. The molecular formula is C10H21NO4S. The summed E-state index contributed by atoms with van der Waals surface area (Å²) in [5.41, 5.74) is -0.591. The molecule has 2 N–H and O–H groups in total. The van der Waals surface area contributed by atoms with Gasteiger partial charge in [0.05, 0.1) is 5.25 Å². The average molecular weight is 251 g/mol. The molecule has 16 heavy (non-hydrogen) atoms. The third kappa shape index (κ3) is 4.01. The molecule has 6 heteroatoms. The van der Waals surface area contributed by atoms with E-state index in [9.17, 15) is 8.42 Å². The zero-order valence-corrected chi connectivity index (χ0v) is 10.7. The molecule has 0 aromatic rings. The van der Waals surface area contributed by atoms with Gasteiger partial charge in [-0.2, -0.15) is 0 Å². The van der Waals surface area contributed by atoms with Crippen LogP contribution in [0.2, 0.25) is 0 Å². The molecule has 96 valence electrons. The van der Waals surface area contributed by atoms with E-state index in [4.69, 9.17) is 9.84 Å². The van der Waals surface area contributed by atoms with Crippen molar-refractivity contribution in [3.8, 4) is 0 Å². The van der Waals surface area contributed by atoms with E-state index >= 15 is 0 Å². The van der Waals surface area contributed by atoms with Crippen molar-refractivity contribution in [2.24, 2.45) is 0 Å². The van der Waals surface area contributed by atoms with E-state index in [1.54, 1.807) is 13.8 Å². The molecule has 0 atom stereocenters. The van der Waals surface area contributed by atoms with E-state index < -0.39 is 15.6 Å². The first kappa shape index (κ1) is 13.9. The highest BCUT2D eigenvalue weighted by atomic mass is 32.2. The first-order valence-electron chi connectivity index (χ1n) is 5.59. The Kier molecular flexibility index (Phi) is 4.73. The van der Waals surface area contributed by atoms with Crippen molar-refractivity contribution in [1.82, 2.24) is 4.72 Å². The van der Waals surface area contributed by atoms with Gasteiger partial charge in [0.15, 0.2) is 0 Å². The van der Waals surface area contributed by atoms with E-state index in [1.165, 1.54) is 0 Å². The molecule has 1 rings (SSSR count). The summed E-state index contributed by atoms with van der Waals surface area (Å²) in [5, 5.41) is 8.49. The molecule has 0 spiro atoms. The molecule has 0 radical (unpaired) electrons. The van der Waals surface area contributed by atoms with Crippen molar-refractivity contribution >= 4 is 10.0 Å². The lowest BCUT2D eigenvalue weighted by Crippen LogP contribution is -2.49. The Hall–Kier alpha value is -0.170. The number of hydrogen-bond donors (Lipinski definition) is 2. The minimum Gasteiger partial charge on any atom is -0.396 e. The maximum atomic E-state index is 12.0. The zero-order chi connectivity index (χ0) is 12.2. The Morgan fingerprint density at radius 1 is 1.38 bits per heavy atom. The largest absolute Gasteiger partial charge is 0.396 e. The highest BCUT2D eigenvalue weighted by Gasteiger charge is 2.32. The predicted octanol–water partition coefficient (Wildman–Crippen LogP) is 0.246. The van der Waals surface area contributed by atoms with Crippen LogP contribution in [-0.2, 0) is 14.8 Å². The number of rotatable bonds is 5. The predicted molar refractivity (Wildman–Crippen MR) is 61.7 cm³/mol. The molecular weight excluding hydrogens is 230 g/mol. The minimum absolute atomic E-state index is 0.0245. The first-order chi connectivity index (χ1) is 7.37. The van der Waals surface area contributed by atoms with Crippen LogP contribution in [0.15, 0.2) is 0 Å². The van der Waals surface area contributed by atoms with Gasteiger partial charge in [0, 0.05) is 25.4 Å². The lowest BCUT2D eigenvalue weighted by Gasteiger charge is -2.29. The SMILES string of the molecule is CC(C)(CCO)NS(=O)(=O)C1CCOCC1. The van der Waals surface area contributed by atoms with Crippen LogP contribution in [0.3, 0.4) is 0 Å². The summed E-state index contributed by atoms with van der Waals surface area (Å²) >= 11 is 0. The fourth-order valence-corrected chi connectivity index (χ4v) is 3.64. The van der Waals surface area contributed by atoms with Gasteiger partial charge in [-0.3, -0.25) is 0 Å². The van der Waals surface area contributed by atoms with Crippen molar-refractivity contribution in [3.63, 3.8) is 0 Å². The quantitative estimate of drug-likeness (QED) is 0.734. The summed E-state index contributed by atoms with van der Waals surface area (Å²) in [4.78, 5) is 0. The van der Waals surface area contributed by atoms with Crippen molar-refractivity contribution in [1.29, 1.82) is 0 Å². The van der Waals surface area contributed by atoms with E-state index in [0.29, 0.717) is 32.5 Å². The van der Waals surface area contributed by atoms with Crippen LogP contribution >= 0.6 is 0 Å². The highest BCUT2D eigenvalue weighted by Crippen LogP contribution is 2.18. The topological polar surface area (TPSA) is 75.6 Å². The van der Waals surface area contributed by atoms with Crippen molar-refractivity contribution < 1.29 is 18.3 Å². The molecule has 1 saturated heterocycles. The normalized spacial score (nSPS) is 19.9. The van der Waals surface area contributed by atoms with Crippen LogP contribution in [0.25, 0.3) is 0 Å². The van der Waals surface area contributed by atoms with Gasteiger partial charge in [-0.1, -0.05) is 0 Å². The van der Waals surface area contributed by atoms with Gasteiger partial charge in [-0.15, -0.1) is 0 Å². The molecule has 5 nitrogen and oxygen atoms in total. The van der Waals surface area contributed by atoms with E-state index in [1.807, 2.05) is 0 Å². The first-order valence-corrected chi connectivity index (χ1v) is 7.13. The number of sulfonamides is 1. The van der Waals surface area contributed by atoms with E-state index in [-0.39, 0.29) is 11.9 Å². The zero-order valence-electron chi connectivity index (χ0n) is 9.90. The standard InChI is InChI=1S/C10H21NO4S/c1-10(2,5-6-12)11-16(13,14)9-3-7-15-8-4-9/h9,11-12H,3-8H2,1-2H3. The van der Waals surface area contributed by atoms with Gasteiger partial charge in [0.1, 0.15) is 0 Å². The molecule has 0 aliphatic carbocycles. The second-order valence-corrected chi connectivity index (χ2v) is 6.78. The Morgan fingerprint density at radius 2 is 1.94 bits per heavy atom. The third-order valence-electron chi connectivity index (χ3n) is 2.76. The second-order valence-electron chi connectivity index (χ2n) is 4.82. The molecule has 0 bridgehead atoms. The van der Waals surface area contributed by atoms with Crippen molar-refractivity contribution in [2.45, 2.75) is 43.9 Å². The lowest BCUT2D eigenvalue weighted by molar-refractivity contribution is 0.0978. The molecule has 0 amide bonds. The molecule has 1 heterocycles. The molecule has 1 aliphatic heterocycles. The monoisotopic (exact) mass is 251 g/mol. The summed E-state index contributed by atoms with van der Waals surface area (Å²) in [7, 11) is -3.30. The van der Waals surface area contributed by atoms with Gasteiger partial charge < -0.3 is 9.84 Å². The molecule has 1 aliphatic rings. The summed E-state index contributed by atoms with van der Waals surface area (Å²) in [6, 6.07) is 0. The molecule has 0 aromatic carbocycles. The number of nitrogens with one attached hydrogen (secondary N) is 1. The molecule has 0 saturated carbocycles. The van der Waals surface area contributed by atoms with Crippen LogP contribution in [0.5, 0.6) is 0 Å². The summed E-state index contributed by atoms with van der Waals surface area (Å²) in [6.07, 6.45) is 1.50. The van der Waals surface area contributed by atoms with E-state index in [0.717, 1.165) is 0 Å². The Bertz CT molecular complexity index is 307. The Labute approximate surface area is 97.2 Å². The number of hydrogen-bond acceptors (Lipinski definition) is 4. The molecule has 0 unspecified atom stereocenters. The smallest absolute Gasteiger partial charge is 0.215 e. The fraction of sp³-hybridized carbons (Fsp3) is 1.00. The fourth-order valence-electron chi connectivity index (χ4n) is 1.79. The Balaban J connectivity index is 2.63. The van der Waals surface area contributed by atoms with Gasteiger partial charge in [-0.05, 0) is 33.1 Å². The molecule has 1 fully saturated rings. The van der Waals surface area contributed by atoms with Gasteiger partial charge in [-0.25, -0.2) is 13.1 Å². The lowest BCUT2D eigenvalue weighted by atomic mass is 10.0. The summed E-state index contributed by atoms with van der Waals surface area (Å²) in [5.74, 6) is 0. The van der Waals surface area contributed by atoms with Crippen LogP contribution in [0.1, 0.15) is 33.1 Å². The summed E-state index contributed by atoms with van der Waals surface area (Å²) < 4.78 is 31.9.